The molecule has 0 aromatic carbocycles. The van der Waals surface area contributed by atoms with Gasteiger partial charge in [-0.1, -0.05) is 22.6 Å². The SMILES string of the molecule is CC1=CN=CC(C)(I)C=N1. The smallest absolute Gasteiger partial charge is 0.0894 e. The van der Waals surface area contributed by atoms with Gasteiger partial charge in [0.05, 0.1) is 9.12 Å². The molecule has 1 rings (SSSR count). The van der Waals surface area contributed by atoms with Crippen LogP contribution in [0.3, 0.4) is 0 Å². The lowest BCUT2D eigenvalue weighted by atomic mass is 10.2. The standard InChI is InChI=1S/C7H9IN2/c1-6-3-9-4-7(2,8)5-10-6/h3-5H,1-2H3. The van der Waals surface area contributed by atoms with E-state index in [-0.39, 0.29) is 3.42 Å². The third kappa shape index (κ3) is 2.21. The van der Waals surface area contributed by atoms with Crippen LogP contribution in [0.4, 0.5) is 0 Å². The number of nitrogens with zero attached hydrogens (tertiary/aromatic N) is 2. The predicted octanol–water partition coefficient (Wildman–Crippen LogP) is 2.20. The third-order valence-corrected chi connectivity index (χ3v) is 1.67. The first-order chi connectivity index (χ1) is 4.60. The van der Waals surface area contributed by atoms with Crippen molar-refractivity contribution in [1.29, 1.82) is 0 Å². The number of rotatable bonds is 0. The topological polar surface area (TPSA) is 24.7 Å². The zero-order valence-electron chi connectivity index (χ0n) is 6.00. The molecule has 0 amide bonds. The van der Waals surface area contributed by atoms with Gasteiger partial charge in [-0.15, -0.1) is 0 Å². The van der Waals surface area contributed by atoms with E-state index in [2.05, 4.69) is 39.5 Å². The Kier molecular flexibility index (Phi) is 2.23. The molecule has 1 heterocycles. The van der Waals surface area contributed by atoms with E-state index in [1.54, 1.807) is 6.20 Å². The van der Waals surface area contributed by atoms with Gasteiger partial charge in [0.15, 0.2) is 0 Å². The lowest BCUT2D eigenvalue weighted by molar-refractivity contribution is 1.22. The fourth-order valence-electron chi connectivity index (χ4n) is 0.586. The maximum atomic E-state index is 4.18. The highest BCUT2D eigenvalue weighted by atomic mass is 127. The molecule has 0 spiro atoms. The van der Waals surface area contributed by atoms with Crippen LogP contribution in [-0.4, -0.2) is 15.9 Å². The number of hydrogen-bond donors (Lipinski definition) is 0. The minimum absolute atomic E-state index is 0.0218. The Bertz CT molecular complexity index is 214. The Morgan fingerprint density at radius 1 is 1.50 bits per heavy atom. The Morgan fingerprint density at radius 2 is 2.20 bits per heavy atom. The zero-order chi connectivity index (χ0) is 7.61. The van der Waals surface area contributed by atoms with E-state index >= 15 is 0 Å². The summed E-state index contributed by atoms with van der Waals surface area (Å²) >= 11 is 2.29. The Hall–Kier alpha value is -0.190. The predicted molar refractivity (Wildman–Crippen MR) is 53.2 cm³/mol. The molecule has 3 heteroatoms. The largest absolute Gasteiger partial charge is 0.265 e. The summed E-state index contributed by atoms with van der Waals surface area (Å²) in [6.07, 6.45) is 5.55. The van der Waals surface area contributed by atoms with E-state index in [0.717, 1.165) is 5.70 Å². The molecule has 0 radical (unpaired) electrons. The molecule has 1 aliphatic rings. The maximum absolute atomic E-state index is 4.18. The molecule has 0 N–H and O–H groups in total. The molecule has 10 heavy (non-hydrogen) atoms. The summed E-state index contributed by atoms with van der Waals surface area (Å²) in [5.41, 5.74) is 0.955. The van der Waals surface area contributed by atoms with Crippen molar-refractivity contribution in [3.63, 3.8) is 0 Å². The van der Waals surface area contributed by atoms with Gasteiger partial charge in [0.1, 0.15) is 0 Å². The van der Waals surface area contributed by atoms with Crippen LogP contribution in [0.15, 0.2) is 21.9 Å². The highest BCUT2D eigenvalue weighted by Crippen LogP contribution is 2.15. The van der Waals surface area contributed by atoms with Crippen molar-refractivity contribution in [2.45, 2.75) is 17.3 Å². The number of aliphatic imine (C=N–C) groups is 2. The highest BCUT2D eigenvalue weighted by molar-refractivity contribution is 14.1. The Labute approximate surface area is 74.3 Å². The molecule has 0 aromatic heterocycles. The first-order valence-corrected chi connectivity index (χ1v) is 4.13. The van der Waals surface area contributed by atoms with E-state index in [0.29, 0.717) is 0 Å². The number of hydrogen-bond acceptors (Lipinski definition) is 2. The Morgan fingerprint density at radius 3 is 2.90 bits per heavy atom. The summed E-state index contributed by atoms with van der Waals surface area (Å²) < 4.78 is -0.0218. The Balaban J connectivity index is 2.88. The number of alkyl halides is 1. The van der Waals surface area contributed by atoms with Gasteiger partial charge in [-0.2, -0.15) is 0 Å². The second-order valence-electron chi connectivity index (χ2n) is 2.46. The van der Waals surface area contributed by atoms with Crippen LogP contribution in [-0.2, 0) is 0 Å². The third-order valence-electron chi connectivity index (χ3n) is 1.11. The molecule has 1 atom stereocenters. The van der Waals surface area contributed by atoms with Crippen LogP contribution < -0.4 is 0 Å². The summed E-state index contributed by atoms with van der Waals surface area (Å²) in [7, 11) is 0. The van der Waals surface area contributed by atoms with Crippen LogP contribution in [0.25, 0.3) is 0 Å². The molecular formula is C7H9IN2. The molecule has 0 saturated carbocycles. The van der Waals surface area contributed by atoms with Gasteiger partial charge in [0.2, 0.25) is 0 Å². The molecule has 0 aliphatic carbocycles. The van der Waals surface area contributed by atoms with Gasteiger partial charge in [0.25, 0.3) is 0 Å². The molecule has 54 valence electrons. The maximum Gasteiger partial charge on any atom is 0.0894 e. The monoisotopic (exact) mass is 248 g/mol. The fraction of sp³-hybridized carbons (Fsp3) is 0.429. The van der Waals surface area contributed by atoms with E-state index in [9.17, 15) is 0 Å². The van der Waals surface area contributed by atoms with Crippen molar-refractivity contribution in [2.75, 3.05) is 0 Å². The fourth-order valence-corrected chi connectivity index (χ4v) is 0.886. The highest BCUT2D eigenvalue weighted by Gasteiger charge is 2.14. The van der Waals surface area contributed by atoms with Crippen molar-refractivity contribution in [2.24, 2.45) is 9.98 Å². The summed E-state index contributed by atoms with van der Waals surface area (Å²) in [6, 6.07) is 0. The van der Waals surface area contributed by atoms with Crippen molar-refractivity contribution in [3.05, 3.63) is 11.9 Å². The van der Waals surface area contributed by atoms with E-state index < -0.39 is 0 Å². The molecule has 1 aliphatic heterocycles. The number of allylic oxidation sites excluding steroid dienone is 1. The van der Waals surface area contributed by atoms with Crippen molar-refractivity contribution < 1.29 is 0 Å². The minimum atomic E-state index is -0.0218. The molecule has 0 fully saturated rings. The quantitative estimate of drug-likeness (QED) is 0.463. The lowest BCUT2D eigenvalue weighted by Gasteiger charge is -2.06. The van der Waals surface area contributed by atoms with E-state index in [4.69, 9.17) is 0 Å². The van der Waals surface area contributed by atoms with Crippen LogP contribution >= 0.6 is 22.6 Å². The van der Waals surface area contributed by atoms with E-state index in [1.807, 2.05) is 19.4 Å². The first-order valence-electron chi connectivity index (χ1n) is 3.05. The van der Waals surface area contributed by atoms with Gasteiger partial charge in [-0.3, -0.25) is 9.98 Å². The molecule has 1 unspecified atom stereocenters. The molecule has 0 aromatic rings. The van der Waals surface area contributed by atoms with Gasteiger partial charge in [-0.05, 0) is 13.8 Å². The average Bonchev–Trinajstić information content (AvgIpc) is 1.94. The number of halogens is 1. The second kappa shape index (κ2) is 2.82. The summed E-state index contributed by atoms with van der Waals surface area (Å²) in [6.45, 7) is 4.00. The van der Waals surface area contributed by atoms with Crippen molar-refractivity contribution >= 4 is 35.0 Å². The van der Waals surface area contributed by atoms with E-state index in [1.165, 1.54) is 0 Å². The zero-order valence-corrected chi connectivity index (χ0v) is 8.16. The summed E-state index contributed by atoms with van der Waals surface area (Å²) in [5, 5.41) is 0. The minimum Gasteiger partial charge on any atom is -0.265 e. The molecule has 0 saturated heterocycles. The van der Waals surface area contributed by atoms with Crippen molar-refractivity contribution in [1.82, 2.24) is 0 Å². The second-order valence-corrected chi connectivity index (χ2v) is 4.78. The van der Waals surface area contributed by atoms with Crippen molar-refractivity contribution in [3.8, 4) is 0 Å². The average molecular weight is 248 g/mol. The van der Waals surface area contributed by atoms with Gasteiger partial charge >= 0.3 is 0 Å². The van der Waals surface area contributed by atoms with Crippen LogP contribution in [0.2, 0.25) is 0 Å². The van der Waals surface area contributed by atoms with Crippen LogP contribution in [0.1, 0.15) is 13.8 Å². The summed E-state index contributed by atoms with van der Waals surface area (Å²) in [4.78, 5) is 8.27. The van der Waals surface area contributed by atoms with Crippen LogP contribution in [0.5, 0.6) is 0 Å². The van der Waals surface area contributed by atoms with Gasteiger partial charge < -0.3 is 0 Å². The normalized spacial score (nSPS) is 31.7. The van der Waals surface area contributed by atoms with Gasteiger partial charge in [0, 0.05) is 18.6 Å². The molecule has 0 bridgehead atoms. The lowest BCUT2D eigenvalue weighted by Crippen LogP contribution is -2.17. The molecular weight excluding hydrogens is 239 g/mol. The molecule has 2 nitrogen and oxygen atoms in total. The van der Waals surface area contributed by atoms with Crippen LogP contribution in [0, 0.1) is 0 Å². The first kappa shape index (κ1) is 7.91. The summed E-state index contributed by atoms with van der Waals surface area (Å²) in [5.74, 6) is 0. The van der Waals surface area contributed by atoms with Gasteiger partial charge in [-0.25, -0.2) is 0 Å².